The molecule has 3 nitrogen and oxygen atoms in total. The van der Waals surface area contributed by atoms with Crippen molar-refractivity contribution in [3.05, 3.63) is 0 Å². The van der Waals surface area contributed by atoms with Gasteiger partial charge in [0, 0.05) is 6.42 Å². The summed E-state index contributed by atoms with van der Waals surface area (Å²) >= 11 is 0. The predicted octanol–water partition coefficient (Wildman–Crippen LogP) is 1.94. The van der Waals surface area contributed by atoms with E-state index in [1.54, 1.807) is 0 Å². The first kappa shape index (κ1) is 11.2. The van der Waals surface area contributed by atoms with E-state index in [9.17, 15) is 9.59 Å². The molecule has 0 aromatic carbocycles. The van der Waals surface area contributed by atoms with Gasteiger partial charge in [-0.2, -0.15) is 0 Å². The van der Waals surface area contributed by atoms with Crippen LogP contribution < -0.4 is 0 Å². The number of rotatable bonds is 1. The molecule has 0 aliphatic heterocycles. The minimum atomic E-state index is -0.519. The Balaban J connectivity index is 2.65. The number of carbonyl (C=O) groups excluding carboxylic acids is 2. The molecule has 0 amide bonds. The number of carbonyl (C=O) groups is 2. The maximum absolute atomic E-state index is 11.6. The van der Waals surface area contributed by atoms with Gasteiger partial charge in [0.05, 0.1) is 0 Å². The fraction of sp³-hybridized carbons (Fsp3) is 0.818. The molecule has 80 valence electrons. The van der Waals surface area contributed by atoms with Gasteiger partial charge < -0.3 is 4.74 Å². The highest BCUT2D eigenvalue weighted by Gasteiger charge is 2.39. The molecule has 1 fully saturated rings. The fourth-order valence-corrected chi connectivity index (χ4v) is 1.74. The van der Waals surface area contributed by atoms with Gasteiger partial charge in [0.2, 0.25) is 0 Å². The molecule has 0 bridgehead atoms. The lowest BCUT2D eigenvalue weighted by Crippen LogP contribution is -2.32. The molecule has 1 rings (SSSR count). The van der Waals surface area contributed by atoms with Crippen LogP contribution in [0.1, 0.15) is 40.5 Å². The van der Waals surface area contributed by atoms with Crippen LogP contribution in [0.4, 0.5) is 0 Å². The van der Waals surface area contributed by atoms with Crippen LogP contribution in [-0.2, 0) is 14.3 Å². The van der Waals surface area contributed by atoms with Crippen LogP contribution in [0.2, 0.25) is 0 Å². The number of ether oxygens (including phenoxy) is 1. The standard InChI is InChI=1S/C11H18O3/c1-7-5-6-8(12)9(7)10(13)14-11(2,3)4/h7,9H,5-6H2,1-4H3/t7?,9-/m0/s1. The van der Waals surface area contributed by atoms with Crippen molar-refractivity contribution in [2.45, 2.75) is 46.1 Å². The van der Waals surface area contributed by atoms with Gasteiger partial charge in [-0.15, -0.1) is 0 Å². The molecule has 0 radical (unpaired) electrons. The van der Waals surface area contributed by atoms with Crippen LogP contribution in [0.25, 0.3) is 0 Å². The lowest BCUT2D eigenvalue weighted by atomic mass is 9.97. The molecule has 0 saturated heterocycles. The Labute approximate surface area is 84.8 Å². The lowest BCUT2D eigenvalue weighted by Gasteiger charge is -2.22. The van der Waals surface area contributed by atoms with Crippen molar-refractivity contribution < 1.29 is 14.3 Å². The summed E-state index contributed by atoms with van der Waals surface area (Å²) < 4.78 is 5.20. The van der Waals surface area contributed by atoms with E-state index >= 15 is 0 Å². The maximum Gasteiger partial charge on any atom is 0.317 e. The zero-order valence-corrected chi connectivity index (χ0v) is 9.29. The Kier molecular flexibility index (Phi) is 2.98. The number of esters is 1. The van der Waals surface area contributed by atoms with E-state index in [1.165, 1.54) is 0 Å². The van der Waals surface area contributed by atoms with E-state index < -0.39 is 11.5 Å². The molecule has 0 N–H and O–H groups in total. The van der Waals surface area contributed by atoms with E-state index in [0.29, 0.717) is 6.42 Å². The molecule has 1 aliphatic carbocycles. The molecular weight excluding hydrogens is 180 g/mol. The van der Waals surface area contributed by atoms with Crippen molar-refractivity contribution >= 4 is 11.8 Å². The Hall–Kier alpha value is -0.860. The van der Waals surface area contributed by atoms with Gasteiger partial charge in [-0.3, -0.25) is 9.59 Å². The third-order valence-corrected chi connectivity index (χ3v) is 2.42. The minimum absolute atomic E-state index is 0.0340. The summed E-state index contributed by atoms with van der Waals surface area (Å²) in [5.74, 6) is -0.703. The Morgan fingerprint density at radius 2 is 2.00 bits per heavy atom. The molecule has 0 spiro atoms. The quantitative estimate of drug-likeness (QED) is 0.477. The minimum Gasteiger partial charge on any atom is -0.459 e. The smallest absolute Gasteiger partial charge is 0.317 e. The van der Waals surface area contributed by atoms with Crippen LogP contribution in [-0.4, -0.2) is 17.4 Å². The van der Waals surface area contributed by atoms with E-state index in [2.05, 4.69) is 0 Å². The van der Waals surface area contributed by atoms with Crippen molar-refractivity contribution in [1.82, 2.24) is 0 Å². The first-order valence-electron chi connectivity index (χ1n) is 5.07. The van der Waals surface area contributed by atoms with Crippen LogP contribution in [0.3, 0.4) is 0 Å². The normalized spacial score (nSPS) is 27.9. The van der Waals surface area contributed by atoms with E-state index in [4.69, 9.17) is 4.74 Å². The average Bonchev–Trinajstić information content (AvgIpc) is 2.27. The van der Waals surface area contributed by atoms with Crippen molar-refractivity contribution in [1.29, 1.82) is 0 Å². The van der Waals surface area contributed by atoms with Crippen LogP contribution in [0.5, 0.6) is 0 Å². The third kappa shape index (κ3) is 2.56. The zero-order valence-electron chi connectivity index (χ0n) is 9.29. The fourth-order valence-electron chi connectivity index (χ4n) is 1.74. The van der Waals surface area contributed by atoms with Gasteiger partial charge in [-0.05, 0) is 33.1 Å². The van der Waals surface area contributed by atoms with Crippen molar-refractivity contribution in [2.24, 2.45) is 11.8 Å². The molecular formula is C11H18O3. The first-order valence-corrected chi connectivity index (χ1v) is 5.07. The summed E-state index contributed by atoms with van der Waals surface area (Å²) in [4.78, 5) is 23.0. The Morgan fingerprint density at radius 3 is 2.36 bits per heavy atom. The van der Waals surface area contributed by atoms with Gasteiger partial charge >= 0.3 is 5.97 Å². The molecule has 14 heavy (non-hydrogen) atoms. The molecule has 1 saturated carbocycles. The molecule has 1 aliphatic rings. The number of Topliss-reactive ketones (excluding diaryl/α,β-unsaturated/α-hetero) is 1. The van der Waals surface area contributed by atoms with Crippen molar-refractivity contribution in [3.63, 3.8) is 0 Å². The average molecular weight is 198 g/mol. The molecule has 0 heterocycles. The molecule has 0 aromatic heterocycles. The van der Waals surface area contributed by atoms with E-state index in [-0.39, 0.29) is 17.7 Å². The SMILES string of the molecule is CC1CCC(=O)[C@H]1C(=O)OC(C)(C)C. The second-order valence-electron chi connectivity index (χ2n) is 4.99. The summed E-state index contributed by atoms with van der Waals surface area (Å²) in [6, 6.07) is 0. The first-order chi connectivity index (χ1) is 6.31. The largest absolute Gasteiger partial charge is 0.459 e. The van der Waals surface area contributed by atoms with Gasteiger partial charge in [0.25, 0.3) is 0 Å². The highest BCUT2D eigenvalue weighted by atomic mass is 16.6. The van der Waals surface area contributed by atoms with Gasteiger partial charge in [-0.25, -0.2) is 0 Å². The maximum atomic E-state index is 11.6. The summed E-state index contributed by atoms with van der Waals surface area (Å²) in [6.45, 7) is 7.37. The number of hydrogen-bond donors (Lipinski definition) is 0. The highest BCUT2D eigenvalue weighted by molar-refractivity contribution is 6.00. The van der Waals surface area contributed by atoms with Crippen molar-refractivity contribution in [3.8, 4) is 0 Å². The summed E-state index contributed by atoms with van der Waals surface area (Å²) in [5, 5.41) is 0. The lowest BCUT2D eigenvalue weighted by molar-refractivity contribution is -0.162. The third-order valence-electron chi connectivity index (χ3n) is 2.42. The van der Waals surface area contributed by atoms with Gasteiger partial charge in [0.15, 0.2) is 0 Å². The highest BCUT2D eigenvalue weighted by Crippen LogP contribution is 2.30. The van der Waals surface area contributed by atoms with Crippen LogP contribution >= 0.6 is 0 Å². The van der Waals surface area contributed by atoms with Crippen LogP contribution in [0, 0.1) is 11.8 Å². The van der Waals surface area contributed by atoms with Gasteiger partial charge in [-0.1, -0.05) is 6.92 Å². The predicted molar refractivity (Wildman–Crippen MR) is 52.7 cm³/mol. The topological polar surface area (TPSA) is 43.4 Å². The molecule has 1 unspecified atom stereocenters. The zero-order chi connectivity index (χ0) is 10.9. The Morgan fingerprint density at radius 1 is 1.43 bits per heavy atom. The molecule has 2 atom stereocenters. The van der Waals surface area contributed by atoms with Crippen LogP contribution in [0.15, 0.2) is 0 Å². The summed E-state index contributed by atoms with van der Waals surface area (Å²) in [6.07, 6.45) is 1.33. The van der Waals surface area contributed by atoms with E-state index in [1.807, 2.05) is 27.7 Å². The number of hydrogen-bond acceptors (Lipinski definition) is 3. The Bertz CT molecular complexity index is 250. The molecule has 3 heteroatoms. The summed E-state index contributed by atoms with van der Waals surface area (Å²) in [5.41, 5.74) is -0.500. The number of ketones is 1. The van der Waals surface area contributed by atoms with E-state index in [0.717, 1.165) is 6.42 Å². The van der Waals surface area contributed by atoms with Crippen molar-refractivity contribution in [2.75, 3.05) is 0 Å². The second kappa shape index (κ2) is 3.71. The summed E-state index contributed by atoms with van der Waals surface area (Å²) in [7, 11) is 0. The monoisotopic (exact) mass is 198 g/mol. The van der Waals surface area contributed by atoms with Gasteiger partial charge in [0.1, 0.15) is 17.3 Å². The second-order valence-corrected chi connectivity index (χ2v) is 4.99. The molecule has 0 aromatic rings.